The molecule has 1 atom stereocenters. The Balaban J connectivity index is 1.85. The van der Waals surface area contributed by atoms with Crippen LogP contribution in [0.25, 0.3) is 11.1 Å². The minimum absolute atomic E-state index is 0.116. The summed E-state index contributed by atoms with van der Waals surface area (Å²) in [6.45, 7) is 1.60. The highest BCUT2D eigenvalue weighted by atomic mass is 35.5. The van der Waals surface area contributed by atoms with E-state index in [0.29, 0.717) is 11.1 Å². The lowest BCUT2D eigenvalue weighted by molar-refractivity contribution is -0.267. The van der Waals surface area contributed by atoms with E-state index in [4.69, 9.17) is 11.6 Å². The lowest BCUT2D eigenvalue weighted by atomic mass is 9.97. The number of hydrogen-bond acceptors (Lipinski definition) is 4. The normalized spacial score (nSPS) is 12.7. The molecule has 1 amide bonds. The van der Waals surface area contributed by atoms with Crippen molar-refractivity contribution in [1.29, 1.82) is 0 Å². The number of hydrogen-bond donors (Lipinski definition) is 3. The second-order valence-corrected chi connectivity index (χ2v) is 7.93. The van der Waals surface area contributed by atoms with Gasteiger partial charge in [-0.15, -0.1) is 0 Å². The molecule has 6 nitrogen and oxygen atoms in total. The Kier molecular flexibility index (Phi) is 7.48. The number of benzene rings is 2. The predicted octanol–water partition coefficient (Wildman–Crippen LogP) is 6.55. The average Bonchev–Trinajstić information content (AvgIpc) is 2.80. The molecule has 0 bridgehead atoms. The molecule has 0 saturated heterocycles. The van der Waals surface area contributed by atoms with E-state index < -0.39 is 41.5 Å². The van der Waals surface area contributed by atoms with Crippen molar-refractivity contribution < 1.29 is 41.0 Å². The van der Waals surface area contributed by atoms with Gasteiger partial charge in [0, 0.05) is 6.20 Å². The number of rotatable bonds is 7. The lowest BCUT2D eigenvalue weighted by Gasteiger charge is -2.22. The van der Waals surface area contributed by atoms with Gasteiger partial charge in [-0.2, -0.15) is 22.0 Å². The summed E-state index contributed by atoms with van der Waals surface area (Å²) in [6, 6.07) is 9.83. The van der Waals surface area contributed by atoms with Crippen molar-refractivity contribution in [2.24, 2.45) is 0 Å². The number of amides is 1. The largest absolute Gasteiger partial charge is 0.478 e. The van der Waals surface area contributed by atoms with Crippen LogP contribution in [0.3, 0.4) is 0 Å². The number of nitrogens with one attached hydrogen (secondary N) is 2. The Morgan fingerprint density at radius 3 is 2.25 bits per heavy atom. The second-order valence-electron chi connectivity index (χ2n) is 7.53. The van der Waals surface area contributed by atoms with Gasteiger partial charge in [-0.3, -0.25) is 4.79 Å². The maximum atomic E-state index is 13.7. The van der Waals surface area contributed by atoms with Crippen molar-refractivity contribution in [3.8, 4) is 11.1 Å². The van der Waals surface area contributed by atoms with Gasteiger partial charge in [-0.1, -0.05) is 35.9 Å². The zero-order chi connectivity index (χ0) is 26.8. The third kappa shape index (κ3) is 5.54. The monoisotopic (exact) mass is 531 g/mol. The van der Waals surface area contributed by atoms with Crippen molar-refractivity contribution >= 4 is 35.0 Å². The summed E-state index contributed by atoms with van der Waals surface area (Å²) in [7, 11) is 0. The number of nitrogens with zero attached hydrogens (tertiary/aromatic N) is 1. The average molecular weight is 532 g/mol. The van der Waals surface area contributed by atoms with Gasteiger partial charge in [-0.25, -0.2) is 14.2 Å². The van der Waals surface area contributed by atoms with Crippen LogP contribution < -0.4 is 10.6 Å². The minimum Gasteiger partial charge on any atom is -0.478 e. The van der Waals surface area contributed by atoms with Gasteiger partial charge >= 0.3 is 24.0 Å². The van der Waals surface area contributed by atoms with Crippen molar-refractivity contribution in [2.45, 2.75) is 25.1 Å². The lowest BCUT2D eigenvalue weighted by Crippen LogP contribution is -2.47. The molecule has 1 unspecified atom stereocenters. The van der Waals surface area contributed by atoms with Crippen molar-refractivity contribution in [2.75, 3.05) is 10.6 Å². The van der Waals surface area contributed by atoms with E-state index in [0.717, 1.165) is 30.5 Å². The first kappa shape index (κ1) is 26.8. The fourth-order valence-electron chi connectivity index (χ4n) is 3.17. The number of carbonyl (C=O) groups is 2. The molecule has 36 heavy (non-hydrogen) atoms. The molecule has 0 fully saturated rings. The zero-order valence-electron chi connectivity index (χ0n) is 18.1. The number of carboxylic acids is 1. The molecule has 0 aliphatic rings. The Morgan fingerprint density at radius 2 is 1.67 bits per heavy atom. The Labute approximate surface area is 204 Å². The first-order chi connectivity index (χ1) is 16.7. The van der Waals surface area contributed by atoms with Crippen LogP contribution in [0.4, 0.5) is 37.8 Å². The highest BCUT2D eigenvalue weighted by Crippen LogP contribution is 2.38. The van der Waals surface area contributed by atoms with E-state index in [1.807, 2.05) is 0 Å². The van der Waals surface area contributed by atoms with Crippen LogP contribution in [0.1, 0.15) is 28.9 Å². The summed E-state index contributed by atoms with van der Waals surface area (Å²) in [5, 5.41) is 13.3. The summed E-state index contributed by atoms with van der Waals surface area (Å²) in [5.74, 6) is -10.5. The molecule has 2 aromatic carbocycles. The molecule has 3 N–H and O–H groups in total. The Bertz CT molecular complexity index is 1300. The second kappa shape index (κ2) is 10.1. The van der Waals surface area contributed by atoms with E-state index in [9.17, 15) is 41.0 Å². The van der Waals surface area contributed by atoms with Gasteiger partial charge in [0.15, 0.2) is 5.82 Å². The summed E-state index contributed by atoms with van der Waals surface area (Å²) in [5.41, 5.74) is 0.386. The number of alkyl halides is 5. The third-order valence-corrected chi connectivity index (χ3v) is 5.38. The predicted molar refractivity (Wildman–Crippen MR) is 120 cm³/mol. The molecule has 0 radical (unpaired) electrons. The topological polar surface area (TPSA) is 91.3 Å². The van der Waals surface area contributed by atoms with Crippen LogP contribution in [0.5, 0.6) is 0 Å². The standard InChI is InChI=1S/C23H16ClF6N3O3/c1-11(12-2-4-13(5-3-12)16-10-14(25)6-7-15(16)20(34)35)32-19-18(17(24)8-9-31-19)33-21(36)22(26,27)23(28,29)30/h2-11H,1H3,(H,31,32)(H,33,36)(H,34,35). The maximum absolute atomic E-state index is 13.7. The smallest absolute Gasteiger partial charge is 0.463 e. The van der Waals surface area contributed by atoms with Gasteiger partial charge in [0.1, 0.15) is 11.5 Å². The first-order valence-electron chi connectivity index (χ1n) is 10.0. The molecule has 0 saturated carbocycles. The molecule has 0 spiro atoms. The summed E-state index contributed by atoms with van der Waals surface area (Å²) in [6.07, 6.45) is -4.97. The quantitative estimate of drug-likeness (QED) is 0.301. The summed E-state index contributed by atoms with van der Waals surface area (Å²) >= 11 is 5.91. The molecule has 3 rings (SSSR count). The van der Waals surface area contributed by atoms with E-state index in [1.165, 1.54) is 17.4 Å². The van der Waals surface area contributed by atoms with E-state index in [2.05, 4.69) is 10.3 Å². The minimum atomic E-state index is -6.11. The van der Waals surface area contributed by atoms with Crippen LogP contribution >= 0.6 is 11.6 Å². The molecular weight excluding hydrogens is 516 g/mol. The van der Waals surface area contributed by atoms with Gasteiger partial charge in [0.25, 0.3) is 0 Å². The highest BCUT2D eigenvalue weighted by molar-refractivity contribution is 6.34. The first-order valence-corrected chi connectivity index (χ1v) is 10.4. The fraction of sp³-hybridized carbons (Fsp3) is 0.174. The number of carboxylic acid groups (broad SMARTS) is 1. The van der Waals surface area contributed by atoms with Crippen LogP contribution in [0, 0.1) is 5.82 Å². The number of pyridine rings is 1. The maximum Gasteiger partial charge on any atom is 0.463 e. The molecule has 1 heterocycles. The molecule has 3 aromatic rings. The van der Waals surface area contributed by atoms with E-state index >= 15 is 0 Å². The molecule has 0 aliphatic heterocycles. The highest BCUT2D eigenvalue weighted by Gasteiger charge is 2.63. The van der Waals surface area contributed by atoms with Crippen LogP contribution in [-0.4, -0.2) is 34.1 Å². The van der Waals surface area contributed by atoms with E-state index in [-0.39, 0.29) is 22.0 Å². The molecule has 1 aromatic heterocycles. The SMILES string of the molecule is CC(Nc1nccc(Cl)c1NC(=O)C(F)(F)C(F)(F)F)c1ccc(-c2cc(F)ccc2C(=O)O)cc1. The van der Waals surface area contributed by atoms with Gasteiger partial charge < -0.3 is 15.7 Å². The van der Waals surface area contributed by atoms with Crippen molar-refractivity contribution in [3.63, 3.8) is 0 Å². The van der Waals surface area contributed by atoms with Crippen molar-refractivity contribution in [3.05, 3.63) is 76.7 Å². The molecule has 13 heteroatoms. The third-order valence-electron chi connectivity index (χ3n) is 5.07. The fourth-order valence-corrected chi connectivity index (χ4v) is 3.36. The van der Waals surface area contributed by atoms with Gasteiger partial charge in [0.2, 0.25) is 0 Å². The number of anilines is 2. The number of carbonyl (C=O) groups excluding carboxylic acids is 1. The van der Waals surface area contributed by atoms with Gasteiger partial charge in [0.05, 0.1) is 16.6 Å². The number of aromatic nitrogens is 1. The summed E-state index contributed by atoms with van der Waals surface area (Å²) in [4.78, 5) is 27.0. The Morgan fingerprint density at radius 1 is 1.03 bits per heavy atom. The van der Waals surface area contributed by atoms with Crippen molar-refractivity contribution in [1.82, 2.24) is 4.98 Å². The molecule has 0 aliphatic carbocycles. The number of aromatic carboxylic acids is 1. The zero-order valence-corrected chi connectivity index (χ0v) is 18.9. The Hall–Kier alpha value is -3.80. The van der Waals surface area contributed by atoms with Crippen LogP contribution in [-0.2, 0) is 4.79 Å². The molecular formula is C23H16ClF6N3O3. The molecule has 190 valence electrons. The number of halogens is 7. The van der Waals surface area contributed by atoms with E-state index in [1.54, 1.807) is 19.1 Å². The summed E-state index contributed by atoms with van der Waals surface area (Å²) < 4.78 is 78.1. The van der Waals surface area contributed by atoms with Crippen LogP contribution in [0.2, 0.25) is 5.02 Å². The van der Waals surface area contributed by atoms with Crippen LogP contribution in [0.15, 0.2) is 54.7 Å². The van der Waals surface area contributed by atoms with Gasteiger partial charge in [-0.05, 0) is 47.9 Å².